The fourth-order valence-electron chi connectivity index (χ4n) is 3.01. The molecule has 0 fully saturated rings. The molecule has 4 heteroatoms. The van der Waals surface area contributed by atoms with Crippen LogP contribution in [0.15, 0.2) is 42.5 Å². The Balaban J connectivity index is 2.38. The highest BCUT2D eigenvalue weighted by molar-refractivity contribution is 5.90. The first-order chi connectivity index (χ1) is 11.5. The predicted octanol–water partition coefficient (Wildman–Crippen LogP) is 4.15. The largest absolute Gasteiger partial charge is 0.496 e. The first-order valence-corrected chi connectivity index (χ1v) is 7.76. The maximum atomic E-state index is 11.4. The molecule has 0 bridgehead atoms. The molecule has 0 saturated heterocycles. The smallest absolute Gasteiger partial charge is 0.307 e. The van der Waals surface area contributed by atoms with Gasteiger partial charge in [0.05, 0.1) is 24.7 Å². The lowest BCUT2D eigenvalue weighted by atomic mass is 9.94. The van der Waals surface area contributed by atoms with Gasteiger partial charge in [-0.2, -0.15) is 0 Å². The minimum absolute atomic E-state index is 0.0733. The van der Waals surface area contributed by atoms with Crippen molar-refractivity contribution in [3.05, 3.63) is 59.2 Å². The van der Waals surface area contributed by atoms with Crippen molar-refractivity contribution in [3.63, 3.8) is 0 Å². The number of benzene rings is 2. The zero-order valence-corrected chi connectivity index (χ0v) is 14.0. The van der Waals surface area contributed by atoms with E-state index in [1.165, 1.54) is 0 Å². The Morgan fingerprint density at radius 1 is 1.17 bits per heavy atom. The molecule has 0 aliphatic heterocycles. The number of hydrogen-bond donors (Lipinski definition) is 1. The van der Waals surface area contributed by atoms with E-state index in [1.807, 2.05) is 56.3 Å². The lowest BCUT2D eigenvalue weighted by Crippen LogP contribution is -2.07. The van der Waals surface area contributed by atoms with E-state index in [4.69, 9.17) is 9.72 Å². The van der Waals surface area contributed by atoms with Crippen LogP contribution in [-0.4, -0.2) is 23.2 Å². The van der Waals surface area contributed by atoms with Crippen molar-refractivity contribution < 1.29 is 14.6 Å². The number of methoxy groups -OCH3 is 1. The minimum atomic E-state index is -0.872. The van der Waals surface area contributed by atoms with Gasteiger partial charge < -0.3 is 9.84 Å². The highest BCUT2D eigenvalue weighted by atomic mass is 16.5. The van der Waals surface area contributed by atoms with Gasteiger partial charge in [-0.25, -0.2) is 4.98 Å². The van der Waals surface area contributed by atoms with Crippen molar-refractivity contribution in [2.45, 2.75) is 20.3 Å². The maximum Gasteiger partial charge on any atom is 0.307 e. The van der Waals surface area contributed by atoms with Gasteiger partial charge in [-0.3, -0.25) is 4.79 Å². The molecule has 1 N–H and O–H groups in total. The summed E-state index contributed by atoms with van der Waals surface area (Å²) < 4.78 is 5.48. The quantitative estimate of drug-likeness (QED) is 0.784. The highest BCUT2D eigenvalue weighted by Gasteiger charge is 2.19. The zero-order chi connectivity index (χ0) is 17.3. The molecule has 0 unspecified atom stereocenters. The van der Waals surface area contributed by atoms with Gasteiger partial charge in [0, 0.05) is 10.9 Å². The van der Waals surface area contributed by atoms with E-state index < -0.39 is 5.97 Å². The summed E-state index contributed by atoms with van der Waals surface area (Å²) in [5.41, 5.74) is 5.09. The van der Waals surface area contributed by atoms with Crippen molar-refractivity contribution >= 4 is 16.9 Å². The average molecular weight is 321 g/mol. The van der Waals surface area contributed by atoms with Crippen molar-refractivity contribution in [1.82, 2.24) is 4.98 Å². The second-order valence-electron chi connectivity index (χ2n) is 5.86. The standard InChI is InChI=1S/C20H19NO3/c1-12-8-9-18(24-3)16(10-12)20-15(11-19(22)23)13(2)14-6-4-5-7-17(14)21-20/h4-10H,11H2,1-3H3,(H,22,23). The number of aliphatic carboxylic acids is 1. The van der Waals surface area contributed by atoms with Crippen LogP contribution in [0, 0.1) is 13.8 Å². The van der Waals surface area contributed by atoms with Crippen LogP contribution in [-0.2, 0) is 11.2 Å². The molecular formula is C20H19NO3. The van der Waals surface area contributed by atoms with Gasteiger partial charge in [-0.05, 0) is 43.2 Å². The van der Waals surface area contributed by atoms with E-state index in [9.17, 15) is 9.90 Å². The molecular weight excluding hydrogens is 302 g/mol. The Labute approximate surface area is 140 Å². The minimum Gasteiger partial charge on any atom is -0.496 e. The molecule has 3 aromatic rings. The molecule has 122 valence electrons. The third kappa shape index (κ3) is 2.83. The van der Waals surface area contributed by atoms with Crippen LogP contribution in [0.2, 0.25) is 0 Å². The number of carbonyl (C=O) groups is 1. The molecule has 1 heterocycles. The molecule has 0 aliphatic rings. The molecule has 24 heavy (non-hydrogen) atoms. The van der Waals surface area contributed by atoms with Crippen molar-refractivity contribution in [3.8, 4) is 17.0 Å². The van der Waals surface area contributed by atoms with Crippen molar-refractivity contribution in [1.29, 1.82) is 0 Å². The first-order valence-electron chi connectivity index (χ1n) is 7.76. The van der Waals surface area contributed by atoms with E-state index in [0.717, 1.165) is 33.2 Å². The summed E-state index contributed by atoms with van der Waals surface area (Å²) >= 11 is 0. The summed E-state index contributed by atoms with van der Waals surface area (Å²) in [6.07, 6.45) is -0.0733. The Bertz CT molecular complexity index is 932. The van der Waals surface area contributed by atoms with E-state index in [0.29, 0.717) is 11.4 Å². The first kappa shape index (κ1) is 16.0. The molecule has 3 rings (SSSR count). The van der Waals surface area contributed by atoms with E-state index in [2.05, 4.69) is 0 Å². The van der Waals surface area contributed by atoms with Gasteiger partial charge in [0.1, 0.15) is 5.75 Å². The van der Waals surface area contributed by atoms with Gasteiger partial charge in [0.25, 0.3) is 0 Å². The lowest BCUT2D eigenvalue weighted by molar-refractivity contribution is -0.136. The number of nitrogens with zero attached hydrogens (tertiary/aromatic N) is 1. The molecule has 4 nitrogen and oxygen atoms in total. The van der Waals surface area contributed by atoms with Gasteiger partial charge in [0.15, 0.2) is 0 Å². The van der Waals surface area contributed by atoms with Crippen LogP contribution in [0.5, 0.6) is 5.75 Å². The summed E-state index contributed by atoms with van der Waals surface area (Å²) in [5.74, 6) is -0.183. The number of hydrogen-bond acceptors (Lipinski definition) is 3. The lowest BCUT2D eigenvalue weighted by Gasteiger charge is -2.16. The van der Waals surface area contributed by atoms with E-state index >= 15 is 0 Å². The zero-order valence-electron chi connectivity index (χ0n) is 14.0. The van der Waals surface area contributed by atoms with Crippen molar-refractivity contribution in [2.75, 3.05) is 7.11 Å². The van der Waals surface area contributed by atoms with Crippen molar-refractivity contribution in [2.24, 2.45) is 0 Å². The van der Waals surface area contributed by atoms with Gasteiger partial charge >= 0.3 is 5.97 Å². The predicted molar refractivity (Wildman–Crippen MR) is 94.5 cm³/mol. The number of aromatic nitrogens is 1. The van der Waals surface area contributed by atoms with Crippen LogP contribution < -0.4 is 4.74 Å². The molecule has 2 aromatic carbocycles. The van der Waals surface area contributed by atoms with Gasteiger partial charge in [0.2, 0.25) is 0 Å². The van der Waals surface area contributed by atoms with Crippen LogP contribution in [0.1, 0.15) is 16.7 Å². The fraction of sp³-hybridized carbons (Fsp3) is 0.200. The number of rotatable bonds is 4. The number of carboxylic acids is 1. The molecule has 0 saturated carbocycles. The molecule has 0 spiro atoms. The van der Waals surface area contributed by atoms with Gasteiger partial charge in [-0.1, -0.05) is 29.8 Å². The average Bonchev–Trinajstić information content (AvgIpc) is 2.57. The van der Waals surface area contributed by atoms with E-state index in [1.54, 1.807) is 7.11 Å². The molecule has 1 aromatic heterocycles. The summed E-state index contributed by atoms with van der Waals surface area (Å²) in [5, 5.41) is 10.3. The van der Waals surface area contributed by atoms with Crippen LogP contribution in [0.25, 0.3) is 22.2 Å². The third-order valence-corrected chi connectivity index (χ3v) is 4.22. The normalized spacial score (nSPS) is 10.8. The summed E-state index contributed by atoms with van der Waals surface area (Å²) in [6, 6.07) is 13.6. The second kappa shape index (κ2) is 6.32. The molecule has 0 radical (unpaired) electrons. The number of fused-ring (bicyclic) bond motifs is 1. The number of ether oxygens (including phenoxy) is 1. The van der Waals surface area contributed by atoms with Crippen LogP contribution in [0.3, 0.4) is 0 Å². The Kier molecular flexibility index (Phi) is 4.21. The molecule has 0 aliphatic carbocycles. The number of pyridine rings is 1. The summed E-state index contributed by atoms with van der Waals surface area (Å²) in [6.45, 7) is 3.95. The monoisotopic (exact) mass is 321 g/mol. The third-order valence-electron chi connectivity index (χ3n) is 4.22. The number of para-hydroxylation sites is 1. The van der Waals surface area contributed by atoms with Crippen LogP contribution >= 0.6 is 0 Å². The summed E-state index contributed by atoms with van der Waals surface area (Å²) in [7, 11) is 1.61. The Morgan fingerprint density at radius 3 is 2.62 bits per heavy atom. The Morgan fingerprint density at radius 2 is 1.92 bits per heavy atom. The number of aryl methyl sites for hydroxylation is 2. The molecule has 0 amide bonds. The fourth-order valence-corrected chi connectivity index (χ4v) is 3.01. The maximum absolute atomic E-state index is 11.4. The Hall–Kier alpha value is -2.88. The van der Waals surface area contributed by atoms with Gasteiger partial charge in [-0.15, -0.1) is 0 Å². The SMILES string of the molecule is COc1ccc(C)cc1-c1nc2ccccc2c(C)c1CC(=O)O. The van der Waals surface area contributed by atoms with E-state index in [-0.39, 0.29) is 6.42 Å². The highest BCUT2D eigenvalue weighted by Crippen LogP contribution is 2.35. The summed E-state index contributed by atoms with van der Waals surface area (Å²) in [4.78, 5) is 16.2. The second-order valence-corrected chi connectivity index (χ2v) is 5.86. The topological polar surface area (TPSA) is 59.4 Å². The molecule has 0 atom stereocenters. The number of carboxylic acid groups (broad SMARTS) is 1. The van der Waals surface area contributed by atoms with Crippen LogP contribution in [0.4, 0.5) is 0 Å².